The monoisotopic (exact) mass is 316 g/mol. The zero-order chi connectivity index (χ0) is 16.7. The van der Waals surface area contributed by atoms with Crippen LogP contribution in [0.25, 0.3) is 11.3 Å². The summed E-state index contributed by atoms with van der Waals surface area (Å²) in [6, 6.07) is 7.40. The Morgan fingerprint density at radius 2 is 1.87 bits per heavy atom. The molecule has 2 rings (SSSR count). The first kappa shape index (κ1) is 17.1. The van der Waals surface area contributed by atoms with E-state index in [0.29, 0.717) is 18.0 Å². The van der Waals surface area contributed by atoms with Crippen LogP contribution in [0.5, 0.6) is 5.75 Å². The van der Waals surface area contributed by atoms with Crippen LogP contribution in [-0.4, -0.2) is 27.9 Å². The van der Waals surface area contributed by atoms with Gasteiger partial charge in [-0.15, -0.1) is 0 Å². The predicted molar refractivity (Wildman–Crippen MR) is 90.0 cm³/mol. The summed E-state index contributed by atoms with van der Waals surface area (Å²) in [6.45, 7) is 4.62. The first-order chi connectivity index (χ1) is 11.1. The van der Waals surface area contributed by atoms with Crippen LogP contribution in [-0.2, 0) is 0 Å². The quantitative estimate of drug-likeness (QED) is 0.671. The van der Waals surface area contributed by atoms with Gasteiger partial charge in [-0.2, -0.15) is 5.10 Å². The average Bonchev–Trinajstić information content (AvgIpc) is 2.93. The Morgan fingerprint density at radius 3 is 2.52 bits per heavy atom. The number of carboxylic acid groups (broad SMARTS) is 1. The van der Waals surface area contributed by atoms with E-state index in [2.05, 4.69) is 17.1 Å². The maximum absolute atomic E-state index is 11.3. The Bertz CT molecular complexity index is 632. The van der Waals surface area contributed by atoms with Gasteiger partial charge in [0.1, 0.15) is 17.0 Å². The number of rotatable bonds is 9. The molecule has 5 nitrogen and oxygen atoms in total. The number of aromatic amines is 1. The second-order valence-corrected chi connectivity index (χ2v) is 5.66. The summed E-state index contributed by atoms with van der Waals surface area (Å²) in [5, 5.41) is 16.1. The fraction of sp³-hybridized carbons (Fsp3) is 0.444. The summed E-state index contributed by atoms with van der Waals surface area (Å²) in [4.78, 5) is 11.3. The molecule has 0 aliphatic heterocycles. The summed E-state index contributed by atoms with van der Waals surface area (Å²) in [5.74, 6) is -0.174. The summed E-state index contributed by atoms with van der Waals surface area (Å²) in [6.07, 6.45) is 6.04. The molecule has 0 aliphatic carbocycles. The molecule has 0 amide bonds. The van der Waals surface area contributed by atoms with Gasteiger partial charge in [-0.05, 0) is 37.6 Å². The number of H-pyrrole nitrogens is 1. The molecule has 0 atom stereocenters. The van der Waals surface area contributed by atoms with Gasteiger partial charge in [0.05, 0.1) is 6.61 Å². The molecular weight excluding hydrogens is 292 g/mol. The number of nitrogens with one attached hydrogen (secondary N) is 1. The lowest BCUT2D eigenvalue weighted by atomic mass is 10.1. The SMILES string of the molecule is CCCCCCCOc1ccc(-c2n[nH]c(C)c2C(=O)O)cc1. The van der Waals surface area contributed by atoms with Gasteiger partial charge < -0.3 is 9.84 Å². The Balaban J connectivity index is 1.94. The van der Waals surface area contributed by atoms with E-state index in [-0.39, 0.29) is 5.56 Å². The third-order valence-corrected chi connectivity index (χ3v) is 3.81. The first-order valence-electron chi connectivity index (χ1n) is 8.15. The van der Waals surface area contributed by atoms with Crippen molar-refractivity contribution in [1.29, 1.82) is 0 Å². The number of aryl methyl sites for hydroxylation is 1. The Labute approximate surface area is 136 Å². The maximum Gasteiger partial charge on any atom is 0.339 e. The van der Waals surface area contributed by atoms with Crippen LogP contribution >= 0.6 is 0 Å². The van der Waals surface area contributed by atoms with Crippen molar-refractivity contribution < 1.29 is 14.6 Å². The van der Waals surface area contributed by atoms with E-state index in [1.165, 1.54) is 25.7 Å². The highest BCUT2D eigenvalue weighted by Crippen LogP contribution is 2.25. The van der Waals surface area contributed by atoms with Crippen molar-refractivity contribution in [2.45, 2.75) is 46.0 Å². The van der Waals surface area contributed by atoms with Crippen molar-refractivity contribution >= 4 is 5.97 Å². The average molecular weight is 316 g/mol. The molecule has 0 bridgehead atoms. The number of aromatic carboxylic acids is 1. The van der Waals surface area contributed by atoms with Gasteiger partial charge in [0.25, 0.3) is 0 Å². The molecule has 0 aliphatic rings. The highest BCUT2D eigenvalue weighted by Gasteiger charge is 2.18. The molecule has 1 heterocycles. The Kier molecular flexibility index (Phi) is 6.20. The van der Waals surface area contributed by atoms with Crippen LogP contribution in [0, 0.1) is 6.92 Å². The number of carboxylic acids is 1. The number of carbonyl (C=O) groups is 1. The number of benzene rings is 1. The minimum Gasteiger partial charge on any atom is -0.494 e. The summed E-state index contributed by atoms with van der Waals surface area (Å²) in [5.41, 5.74) is 2.00. The van der Waals surface area contributed by atoms with E-state index >= 15 is 0 Å². The third-order valence-electron chi connectivity index (χ3n) is 3.81. The molecule has 124 valence electrons. The second kappa shape index (κ2) is 8.36. The summed E-state index contributed by atoms with van der Waals surface area (Å²) < 4.78 is 5.72. The summed E-state index contributed by atoms with van der Waals surface area (Å²) >= 11 is 0. The van der Waals surface area contributed by atoms with Crippen LogP contribution in [0.1, 0.15) is 55.1 Å². The predicted octanol–water partition coefficient (Wildman–Crippen LogP) is 4.43. The minimum absolute atomic E-state index is 0.217. The van der Waals surface area contributed by atoms with Crippen LogP contribution in [0.2, 0.25) is 0 Å². The van der Waals surface area contributed by atoms with Crippen molar-refractivity contribution in [3.63, 3.8) is 0 Å². The maximum atomic E-state index is 11.3. The molecule has 0 fully saturated rings. The van der Waals surface area contributed by atoms with Crippen LogP contribution in [0.3, 0.4) is 0 Å². The number of aromatic nitrogens is 2. The number of hydrogen-bond acceptors (Lipinski definition) is 3. The van der Waals surface area contributed by atoms with E-state index in [1.807, 2.05) is 24.3 Å². The zero-order valence-corrected chi connectivity index (χ0v) is 13.8. The lowest BCUT2D eigenvalue weighted by Gasteiger charge is -2.07. The molecule has 23 heavy (non-hydrogen) atoms. The number of hydrogen-bond donors (Lipinski definition) is 2. The first-order valence-corrected chi connectivity index (χ1v) is 8.15. The van der Waals surface area contributed by atoms with E-state index < -0.39 is 5.97 Å². The Hall–Kier alpha value is -2.30. The number of ether oxygens (including phenoxy) is 1. The molecule has 0 saturated heterocycles. The molecule has 0 unspecified atom stereocenters. The van der Waals surface area contributed by atoms with Crippen LogP contribution in [0.4, 0.5) is 0 Å². The molecule has 0 radical (unpaired) electrons. The number of nitrogens with zero attached hydrogens (tertiary/aromatic N) is 1. The Morgan fingerprint density at radius 1 is 1.17 bits per heavy atom. The molecule has 2 aromatic rings. The van der Waals surface area contributed by atoms with Gasteiger partial charge >= 0.3 is 5.97 Å². The normalized spacial score (nSPS) is 10.7. The van der Waals surface area contributed by atoms with Crippen molar-refractivity contribution in [3.8, 4) is 17.0 Å². The number of unbranched alkanes of at least 4 members (excludes halogenated alkanes) is 4. The molecular formula is C18H24N2O3. The molecule has 0 saturated carbocycles. The molecule has 2 N–H and O–H groups in total. The van der Waals surface area contributed by atoms with Gasteiger partial charge in [0.2, 0.25) is 0 Å². The zero-order valence-electron chi connectivity index (χ0n) is 13.8. The van der Waals surface area contributed by atoms with Gasteiger partial charge in [-0.25, -0.2) is 4.79 Å². The molecule has 1 aromatic carbocycles. The van der Waals surface area contributed by atoms with Crippen molar-refractivity contribution in [2.75, 3.05) is 6.61 Å². The molecule has 1 aromatic heterocycles. The standard InChI is InChI=1S/C18H24N2O3/c1-3-4-5-6-7-12-23-15-10-8-14(9-11-15)17-16(18(21)22)13(2)19-20-17/h8-11H,3-7,12H2,1-2H3,(H,19,20)(H,21,22). The fourth-order valence-electron chi connectivity index (χ4n) is 2.50. The van der Waals surface area contributed by atoms with Crippen LogP contribution < -0.4 is 4.74 Å². The fourth-order valence-corrected chi connectivity index (χ4v) is 2.50. The highest BCUT2D eigenvalue weighted by atomic mass is 16.5. The van der Waals surface area contributed by atoms with E-state index in [1.54, 1.807) is 6.92 Å². The highest BCUT2D eigenvalue weighted by molar-refractivity contribution is 5.96. The van der Waals surface area contributed by atoms with Crippen molar-refractivity contribution in [3.05, 3.63) is 35.5 Å². The lowest BCUT2D eigenvalue weighted by Crippen LogP contribution is -2.00. The lowest BCUT2D eigenvalue weighted by molar-refractivity contribution is 0.0697. The van der Waals surface area contributed by atoms with Gasteiger partial charge in [0.15, 0.2) is 0 Å². The van der Waals surface area contributed by atoms with Gasteiger partial charge in [-0.3, -0.25) is 5.10 Å². The molecule has 5 heteroatoms. The second-order valence-electron chi connectivity index (χ2n) is 5.66. The van der Waals surface area contributed by atoms with Gasteiger partial charge in [0, 0.05) is 11.3 Å². The topological polar surface area (TPSA) is 75.2 Å². The van der Waals surface area contributed by atoms with E-state index in [0.717, 1.165) is 17.7 Å². The van der Waals surface area contributed by atoms with E-state index in [4.69, 9.17) is 4.74 Å². The van der Waals surface area contributed by atoms with Crippen molar-refractivity contribution in [2.24, 2.45) is 0 Å². The summed E-state index contributed by atoms with van der Waals surface area (Å²) in [7, 11) is 0. The largest absolute Gasteiger partial charge is 0.494 e. The smallest absolute Gasteiger partial charge is 0.339 e. The minimum atomic E-state index is -0.973. The third kappa shape index (κ3) is 4.58. The van der Waals surface area contributed by atoms with E-state index in [9.17, 15) is 9.90 Å². The van der Waals surface area contributed by atoms with Gasteiger partial charge in [-0.1, -0.05) is 32.6 Å². The van der Waals surface area contributed by atoms with Crippen LogP contribution in [0.15, 0.2) is 24.3 Å². The molecule has 0 spiro atoms. The van der Waals surface area contributed by atoms with Crippen molar-refractivity contribution in [1.82, 2.24) is 10.2 Å².